The Labute approximate surface area is 118 Å². The average molecular weight is 265 g/mol. The number of carbonyl (C=O) groups is 1. The van der Waals surface area contributed by atoms with Gasteiger partial charge in [-0.15, -0.1) is 0 Å². The minimum Gasteiger partial charge on any atom is -0.469 e. The molecule has 2 aromatic carbocycles. The van der Waals surface area contributed by atoms with E-state index in [4.69, 9.17) is 4.74 Å². The highest BCUT2D eigenvalue weighted by Crippen LogP contribution is 2.33. The number of carbonyl (C=O) groups excluding carboxylic acids is 1. The molecule has 0 unspecified atom stereocenters. The number of hydrogen-bond acceptors (Lipinski definition) is 3. The lowest BCUT2D eigenvalue weighted by Gasteiger charge is -2.20. The molecule has 2 rings (SSSR count). The minimum absolute atomic E-state index is 0.397. The normalized spacial score (nSPS) is 13.0. The molecule has 0 heterocycles. The second-order valence-corrected chi connectivity index (χ2v) is 4.43. The molecular weight excluding hydrogens is 250 g/mol. The number of rotatable bonds is 4. The van der Waals surface area contributed by atoms with Gasteiger partial charge in [-0.1, -0.05) is 60.7 Å². The molecule has 0 aliphatic heterocycles. The zero-order chi connectivity index (χ0) is 14.4. The van der Waals surface area contributed by atoms with Gasteiger partial charge in [0.1, 0.15) is 5.92 Å². The quantitative estimate of drug-likeness (QED) is 0.797. The Hall–Kier alpha value is -2.60. The van der Waals surface area contributed by atoms with Crippen molar-refractivity contribution >= 4 is 5.97 Å². The van der Waals surface area contributed by atoms with Crippen molar-refractivity contribution in [2.24, 2.45) is 0 Å². The predicted molar refractivity (Wildman–Crippen MR) is 76.0 cm³/mol. The van der Waals surface area contributed by atoms with Gasteiger partial charge in [0.2, 0.25) is 0 Å². The van der Waals surface area contributed by atoms with Crippen LogP contribution in [-0.4, -0.2) is 13.1 Å². The van der Waals surface area contributed by atoms with Crippen LogP contribution in [0.3, 0.4) is 0 Å². The van der Waals surface area contributed by atoms with E-state index < -0.39 is 17.8 Å². The fourth-order valence-corrected chi connectivity index (χ4v) is 2.25. The standard InChI is InChI=1S/C17H15NO2/c1-20-17(19)16(14-10-6-3-7-11-14)15(12-18)13-8-4-2-5-9-13/h2-11,15-16H,1H3/t15-,16+/m0/s1. The third-order valence-electron chi connectivity index (χ3n) is 3.24. The van der Waals surface area contributed by atoms with Crippen molar-refractivity contribution in [1.29, 1.82) is 5.26 Å². The number of esters is 1. The van der Waals surface area contributed by atoms with Gasteiger partial charge in [0.25, 0.3) is 0 Å². The van der Waals surface area contributed by atoms with E-state index in [9.17, 15) is 10.1 Å². The van der Waals surface area contributed by atoms with Crippen LogP contribution in [0.4, 0.5) is 0 Å². The van der Waals surface area contributed by atoms with Crippen molar-refractivity contribution in [1.82, 2.24) is 0 Å². The van der Waals surface area contributed by atoms with E-state index in [1.165, 1.54) is 7.11 Å². The number of ether oxygens (including phenoxy) is 1. The highest BCUT2D eigenvalue weighted by atomic mass is 16.5. The van der Waals surface area contributed by atoms with Gasteiger partial charge in [-0.05, 0) is 11.1 Å². The first-order valence-electron chi connectivity index (χ1n) is 6.35. The Kier molecular flexibility index (Phi) is 4.52. The van der Waals surface area contributed by atoms with Crippen LogP contribution in [0, 0.1) is 11.3 Å². The lowest BCUT2D eigenvalue weighted by molar-refractivity contribution is -0.142. The van der Waals surface area contributed by atoms with Gasteiger partial charge < -0.3 is 4.74 Å². The summed E-state index contributed by atoms with van der Waals surface area (Å²) in [4.78, 5) is 12.1. The smallest absolute Gasteiger partial charge is 0.314 e. The Bertz CT molecular complexity index is 602. The van der Waals surface area contributed by atoms with Crippen LogP contribution in [0.5, 0.6) is 0 Å². The van der Waals surface area contributed by atoms with Crippen molar-refractivity contribution in [3.05, 3.63) is 71.8 Å². The molecule has 0 aromatic heterocycles. The van der Waals surface area contributed by atoms with Crippen LogP contribution in [-0.2, 0) is 9.53 Å². The Morgan fingerprint density at radius 3 is 1.95 bits per heavy atom. The summed E-state index contributed by atoms with van der Waals surface area (Å²) in [5.74, 6) is -1.58. The van der Waals surface area contributed by atoms with Gasteiger partial charge in [-0.2, -0.15) is 5.26 Å². The van der Waals surface area contributed by atoms with E-state index in [0.29, 0.717) is 0 Å². The van der Waals surface area contributed by atoms with Gasteiger partial charge in [0, 0.05) is 0 Å². The molecule has 0 saturated heterocycles. The first kappa shape index (κ1) is 13.8. The van der Waals surface area contributed by atoms with Crippen molar-refractivity contribution in [2.75, 3.05) is 7.11 Å². The second-order valence-electron chi connectivity index (χ2n) is 4.43. The van der Waals surface area contributed by atoms with Gasteiger partial charge >= 0.3 is 5.97 Å². The van der Waals surface area contributed by atoms with Crippen LogP contribution in [0.2, 0.25) is 0 Å². The molecule has 0 spiro atoms. The molecule has 0 aliphatic carbocycles. The van der Waals surface area contributed by atoms with Crippen LogP contribution >= 0.6 is 0 Å². The highest BCUT2D eigenvalue weighted by molar-refractivity contribution is 5.80. The number of nitriles is 1. The van der Waals surface area contributed by atoms with E-state index in [1.807, 2.05) is 60.7 Å². The number of hydrogen-bond donors (Lipinski definition) is 0. The molecule has 0 amide bonds. The third kappa shape index (κ3) is 2.86. The molecule has 2 aromatic rings. The van der Waals surface area contributed by atoms with E-state index in [-0.39, 0.29) is 0 Å². The summed E-state index contributed by atoms with van der Waals surface area (Å²) in [5.41, 5.74) is 1.60. The van der Waals surface area contributed by atoms with Crippen molar-refractivity contribution in [3.8, 4) is 6.07 Å². The highest BCUT2D eigenvalue weighted by Gasteiger charge is 2.31. The first-order chi connectivity index (χ1) is 9.77. The average Bonchev–Trinajstić information content (AvgIpc) is 2.53. The molecule has 0 saturated carbocycles. The predicted octanol–water partition coefficient (Wildman–Crippen LogP) is 3.25. The molecule has 100 valence electrons. The van der Waals surface area contributed by atoms with E-state index in [2.05, 4.69) is 6.07 Å². The van der Waals surface area contributed by atoms with Crippen LogP contribution < -0.4 is 0 Å². The molecule has 0 bridgehead atoms. The summed E-state index contributed by atoms with van der Waals surface area (Å²) in [7, 11) is 1.34. The van der Waals surface area contributed by atoms with E-state index in [1.54, 1.807) is 0 Å². The Balaban J connectivity index is 2.46. The molecule has 0 N–H and O–H groups in total. The topological polar surface area (TPSA) is 50.1 Å². The van der Waals surface area contributed by atoms with Crippen molar-refractivity contribution in [3.63, 3.8) is 0 Å². The van der Waals surface area contributed by atoms with E-state index >= 15 is 0 Å². The SMILES string of the molecule is COC(=O)[C@H](c1ccccc1)[C@@H](C#N)c1ccccc1. The largest absolute Gasteiger partial charge is 0.469 e. The molecule has 3 heteroatoms. The molecular formula is C17H15NO2. The maximum Gasteiger partial charge on any atom is 0.314 e. The third-order valence-corrected chi connectivity index (χ3v) is 3.24. The zero-order valence-electron chi connectivity index (χ0n) is 11.2. The Morgan fingerprint density at radius 2 is 1.50 bits per heavy atom. The maximum atomic E-state index is 12.1. The van der Waals surface area contributed by atoms with Gasteiger partial charge in [0.15, 0.2) is 0 Å². The molecule has 0 fully saturated rings. The number of benzene rings is 2. The van der Waals surface area contributed by atoms with Crippen LogP contribution in [0.25, 0.3) is 0 Å². The van der Waals surface area contributed by atoms with Gasteiger partial charge in [-0.3, -0.25) is 4.79 Å². The monoisotopic (exact) mass is 265 g/mol. The maximum absolute atomic E-state index is 12.1. The fourth-order valence-electron chi connectivity index (χ4n) is 2.25. The lowest BCUT2D eigenvalue weighted by Crippen LogP contribution is -2.21. The van der Waals surface area contributed by atoms with E-state index in [0.717, 1.165) is 11.1 Å². The van der Waals surface area contributed by atoms with Gasteiger partial charge in [0.05, 0.1) is 19.1 Å². The van der Waals surface area contributed by atoms with Crippen LogP contribution in [0.1, 0.15) is 23.0 Å². The number of nitrogens with zero attached hydrogens (tertiary/aromatic N) is 1. The van der Waals surface area contributed by atoms with Crippen molar-refractivity contribution in [2.45, 2.75) is 11.8 Å². The molecule has 0 aliphatic rings. The zero-order valence-corrected chi connectivity index (χ0v) is 11.2. The summed E-state index contributed by atoms with van der Waals surface area (Å²) < 4.78 is 4.88. The molecule has 3 nitrogen and oxygen atoms in total. The summed E-state index contributed by atoms with van der Waals surface area (Å²) in [6, 6.07) is 20.8. The summed E-state index contributed by atoms with van der Waals surface area (Å²) in [5, 5.41) is 9.50. The number of methoxy groups -OCH3 is 1. The lowest BCUT2D eigenvalue weighted by atomic mass is 9.82. The molecule has 2 atom stereocenters. The minimum atomic E-state index is -0.617. The second kappa shape index (κ2) is 6.53. The summed E-state index contributed by atoms with van der Waals surface area (Å²) in [6.45, 7) is 0. The summed E-state index contributed by atoms with van der Waals surface area (Å²) in [6.07, 6.45) is 0. The van der Waals surface area contributed by atoms with Crippen LogP contribution in [0.15, 0.2) is 60.7 Å². The Morgan fingerprint density at radius 1 is 1.00 bits per heavy atom. The fraction of sp³-hybridized carbons (Fsp3) is 0.176. The van der Waals surface area contributed by atoms with Gasteiger partial charge in [-0.25, -0.2) is 0 Å². The van der Waals surface area contributed by atoms with Crippen molar-refractivity contribution < 1.29 is 9.53 Å². The first-order valence-corrected chi connectivity index (χ1v) is 6.35. The summed E-state index contributed by atoms with van der Waals surface area (Å²) >= 11 is 0. The molecule has 0 radical (unpaired) electrons. The molecule has 20 heavy (non-hydrogen) atoms.